The Kier molecular flexibility index (Phi) is 3.96. The lowest BCUT2D eigenvalue weighted by atomic mass is 10.1. The molecule has 1 aliphatic heterocycles. The van der Waals surface area contributed by atoms with Crippen LogP contribution in [0.5, 0.6) is 0 Å². The molecule has 0 saturated carbocycles. The van der Waals surface area contributed by atoms with E-state index >= 15 is 0 Å². The molecule has 0 radical (unpaired) electrons. The zero-order valence-corrected chi connectivity index (χ0v) is 14.2. The first-order chi connectivity index (χ1) is 9.51. The van der Waals surface area contributed by atoms with Crippen LogP contribution in [0.3, 0.4) is 0 Å². The molecule has 8 heteroatoms. The van der Waals surface area contributed by atoms with Gasteiger partial charge in [-0.1, -0.05) is 0 Å². The molecule has 1 aliphatic rings. The molecule has 2 N–H and O–H groups in total. The van der Waals surface area contributed by atoms with E-state index < -0.39 is 9.84 Å². The van der Waals surface area contributed by atoms with Crippen molar-refractivity contribution in [3.8, 4) is 0 Å². The van der Waals surface area contributed by atoms with Gasteiger partial charge in [-0.15, -0.1) is 0 Å². The number of sulfone groups is 1. The lowest BCUT2D eigenvalue weighted by Gasteiger charge is -2.33. The molecule has 7 nitrogen and oxygen atoms in total. The summed E-state index contributed by atoms with van der Waals surface area (Å²) in [5.74, 6) is 0.706. The highest BCUT2D eigenvalue weighted by atomic mass is 32.2. The van der Waals surface area contributed by atoms with Gasteiger partial charge < -0.3 is 15.5 Å². The van der Waals surface area contributed by atoms with Crippen molar-refractivity contribution >= 4 is 21.5 Å². The van der Waals surface area contributed by atoms with E-state index in [1.165, 1.54) is 6.26 Å². The molecule has 0 atom stereocenters. The number of nitrogen functional groups attached to an aromatic ring is 1. The van der Waals surface area contributed by atoms with E-state index in [0.717, 1.165) is 26.2 Å². The molecule has 21 heavy (non-hydrogen) atoms. The number of anilines is 2. The maximum atomic E-state index is 12.2. The van der Waals surface area contributed by atoms with Gasteiger partial charge in [0, 0.05) is 32.4 Å². The van der Waals surface area contributed by atoms with Crippen LogP contribution in [0, 0.1) is 0 Å². The monoisotopic (exact) mass is 315 g/mol. The highest BCUT2D eigenvalue weighted by Crippen LogP contribution is 2.33. The summed E-state index contributed by atoms with van der Waals surface area (Å²) < 4.78 is 25.9. The van der Waals surface area contributed by atoms with Gasteiger partial charge in [0.1, 0.15) is 5.82 Å². The van der Waals surface area contributed by atoms with E-state index in [0.29, 0.717) is 5.82 Å². The summed E-state index contributed by atoms with van der Waals surface area (Å²) in [5, 5.41) is 4.52. The lowest BCUT2D eigenvalue weighted by molar-refractivity contribution is 0.309. The molecular formula is C13H25N5O2S. The minimum absolute atomic E-state index is 0.155. The molecule has 1 aromatic rings. The molecule has 1 fully saturated rings. The molecule has 0 aliphatic carbocycles. The zero-order valence-electron chi connectivity index (χ0n) is 13.4. The zero-order chi connectivity index (χ0) is 16.0. The normalized spacial score (nSPS) is 18.2. The van der Waals surface area contributed by atoms with E-state index in [2.05, 4.69) is 17.0 Å². The van der Waals surface area contributed by atoms with Gasteiger partial charge in [-0.2, -0.15) is 5.10 Å². The molecule has 0 bridgehead atoms. The Labute approximate surface area is 126 Å². The third kappa shape index (κ3) is 3.16. The molecule has 1 aromatic heterocycles. The van der Waals surface area contributed by atoms with Crippen molar-refractivity contribution in [3.63, 3.8) is 0 Å². The summed E-state index contributed by atoms with van der Waals surface area (Å²) in [7, 11) is -1.38. The quantitative estimate of drug-likeness (QED) is 0.849. The minimum Gasteiger partial charge on any atom is -0.383 e. The molecule has 120 valence electrons. The van der Waals surface area contributed by atoms with E-state index in [1.807, 2.05) is 25.7 Å². The predicted octanol–water partition coefficient (Wildman–Crippen LogP) is 0.376. The highest BCUT2D eigenvalue weighted by Gasteiger charge is 2.32. The van der Waals surface area contributed by atoms with Crippen molar-refractivity contribution in [1.29, 1.82) is 0 Å². The van der Waals surface area contributed by atoms with Crippen LogP contribution in [0.25, 0.3) is 0 Å². The van der Waals surface area contributed by atoms with Crippen LogP contribution in [0.2, 0.25) is 0 Å². The maximum Gasteiger partial charge on any atom is 0.182 e. The van der Waals surface area contributed by atoms with Crippen molar-refractivity contribution in [2.75, 3.05) is 50.1 Å². The fourth-order valence-corrected chi connectivity index (χ4v) is 3.46. The molecular weight excluding hydrogens is 290 g/mol. The Morgan fingerprint density at radius 3 is 2.10 bits per heavy atom. The van der Waals surface area contributed by atoms with Gasteiger partial charge in [0.25, 0.3) is 0 Å². The smallest absolute Gasteiger partial charge is 0.182 e. The van der Waals surface area contributed by atoms with Crippen LogP contribution >= 0.6 is 0 Å². The van der Waals surface area contributed by atoms with Gasteiger partial charge in [0.2, 0.25) is 0 Å². The van der Waals surface area contributed by atoms with Crippen LogP contribution in [-0.2, 0) is 15.4 Å². The number of likely N-dealkylation sites (N-methyl/N-ethyl adjacent to an activating group) is 1. The Morgan fingerprint density at radius 1 is 1.14 bits per heavy atom. The first-order valence-electron chi connectivity index (χ1n) is 7.04. The average molecular weight is 315 g/mol. The van der Waals surface area contributed by atoms with Gasteiger partial charge >= 0.3 is 0 Å². The van der Waals surface area contributed by atoms with Crippen molar-refractivity contribution < 1.29 is 8.42 Å². The number of rotatable bonds is 2. The number of hydrogen-bond donors (Lipinski definition) is 1. The van der Waals surface area contributed by atoms with Crippen LogP contribution in [0.15, 0.2) is 4.90 Å². The summed E-state index contributed by atoms with van der Waals surface area (Å²) in [6, 6.07) is 0. The number of hydrogen-bond acceptors (Lipinski definition) is 6. The van der Waals surface area contributed by atoms with Gasteiger partial charge in [0.15, 0.2) is 20.6 Å². The largest absolute Gasteiger partial charge is 0.383 e. The van der Waals surface area contributed by atoms with Crippen LogP contribution < -0.4 is 10.6 Å². The highest BCUT2D eigenvalue weighted by molar-refractivity contribution is 7.91. The molecule has 0 aromatic carbocycles. The van der Waals surface area contributed by atoms with E-state index in [9.17, 15) is 8.42 Å². The number of nitrogens with zero attached hydrogens (tertiary/aromatic N) is 4. The second-order valence-corrected chi connectivity index (χ2v) is 8.64. The molecule has 2 heterocycles. The van der Waals surface area contributed by atoms with Gasteiger partial charge in [-0.25, -0.2) is 13.1 Å². The Bertz CT molecular complexity index is 622. The average Bonchev–Trinajstić information content (AvgIpc) is 2.67. The fourth-order valence-electron chi connectivity index (χ4n) is 2.50. The van der Waals surface area contributed by atoms with Crippen LogP contribution in [0.1, 0.15) is 20.8 Å². The Hall–Kier alpha value is -1.28. The Balaban J connectivity index is 2.54. The van der Waals surface area contributed by atoms with Crippen molar-refractivity contribution in [1.82, 2.24) is 14.7 Å². The second-order valence-electron chi connectivity index (χ2n) is 6.68. The van der Waals surface area contributed by atoms with Gasteiger partial charge in [-0.3, -0.25) is 0 Å². The number of aromatic nitrogens is 2. The molecule has 0 spiro atoms. The second kappa shape index (κ2) is 5.17. The first-order valence-corrected chi connectivity index (χ1v) is 8.93. The third-order valence-corrected chi connectivity index (χ3v) is 4.80. The van der Waals surface area contributed by atoms with Crippen LogP contribution in [-0.4, -0.2) is 62.6 Å². The van der Waals surface area contributed by atoms with E-state index in [1.54, 1.807) is 4.68 Å². The van der Waals surface area contributed by atoms with Crippen molar-refractivity contribution in [3.05, 3.63) is 0 Å². The molecule has 0 amide bonds. The predicted molar refractivity (Wildman–Crippen MR) is 84.5 cm³/mol. The fraction of sp³-hybridized carbons (Fsp3) is 0.769. The van der Waals surface area contributed by atoms with Crippen LogP contribution in [0.4, 0.5) is 11.6 Å². The van der Waals surface area contributed by atoms with Gasteiger partial charge in [0.05, 0.1) is 5.54 Å². The number of piperazine rings is 1. The van der Waals surface area contributed by atoms with E-state index in [-0.39, 0.29) is 16.3 Å². The summed E-state index contributed by atoms with van der Waals surface area (Å²) in [5.41, 5.74) is 5.73. The topological polar surface area (TPSA) is 84.5 Å². The first kappa shape index (κ1) is 16.1. The Morgan fingerprint density at radius 2 is 1.67 bits per heavy atom. The van der Waals surface area contributed by atoms with Crippen molar-refractivity contribution in [2.45, 2.75) is 31.2 Å². The summed E-state index contributed by atoms with van der Waals surface area (Å²) in [6.07, 6.45) is 1.19. The lowest BCUT2D eigenvalue weighted by Crippen LogP contribution is -2.45. The molecule has 2 rings (SSSR count). The summed E-state index contributed by atoms with van der Waals surface area (Å²) >= 11 is 0. The maximum absolute atomic E-state index is 12.2. The minimum atomic E-state index is -3.43. The molecule has 0 unspecified atom stereocenters. The summed E-state index contributed by atoms with van der Waals surface area (Å²) in [6.45, 7) is 9.12. The van der Waals surface area contributed by atoms with E-state index in [4.69, 9.17) is 5.73 Å². The number of nitrogens with two attached hydrogens (primary N) is 1. The summed E-state index contributed by atoms with van der Waals surface area (Å²) in [4.78, 5) is 4.37. The molecule has 1 saturated heterocycles. The van der Waals surface area contributed by atoms with Crippen molar-refractivity contribution in [2.24, 2.45) is 0 Å². The SMILES string of the molecule is CN1CCN(c2nn(C(C)(C)C)c(N)c2S(C)(=O)=O)CC1. The standard InChI is InChI=1S/C13H25N5O2S/c1-13(2,3)18-11(14)10(21(5,19)20)12(15-18)17-8-6-16(4)7-9-17/h6-9,14H2,1-5H3. The third-order valence-electron chi connectivity index (χ3n) is 3.67. The van der Waals surface area contributed by atoms with Gasteiger partial charge in [-0.05, 0) is 27.8 Å².